The van der Waals surface area contributed by atoms with Crippen molar-refractivity contribution in [3.8, 4) is 11.8 Å². The number of ether oxygens (including phenoxy) is 1. The number of hydrogen-bond donors (Lipinski definition) is 1. The van der Waals surface area contributed by atoms with E-state index in [4.69, 9.17) is 14.4 Å². The summed E-state index contributed by atoms with van der Waals surface area (Å²) < 4.78 is 10.5. The molecule has 1 heterocycles. The smallest absolute Gasteiger partial charge is 0.260 e. The molecular weight excluding hydrogens is 312 g/mol. The minimum Gasteiger partial charge on any atom is -0.495 e. The molecular formula is C13H9BrN2O3. The molecule has 0 aliphatic heterocycles. The van der Waals surface area contributed by atoms with Crippen LogP contribution in [0.2, 0.25) is 0 Å². The zero-order valence-corrected chi connectivity index (χ0v) is 11.5. The fourth-order valence-corrected chi connectivity index (χ4v) is 1.98. The van der Waals surface area contributed by atoms with Crippen LogP contribution in [0.3, 0.4) is 0 Å². The largest absolute Gasteiger partial charge is 0.495 e. The van der Waals surface area contributed by atoms with Gasteiger partial charge in [-0.05, 0) is 34.1 Å². The van der Waals surface area contributed by atoms with Crippen LogP contribution >= 0.6 is 15.9 Å². The predicted molar refractivity (Wildman–Crippen MR) is 72.1 cm³/mol. The van der Waals surface area contributed by atoms with Gasteiger partial charge in [0.15, 0.2) is 4.67 Å². The monoisotopic (exact) mass is 320 g/mol. The number of furan rings is 1. The maximum atomic E-state index is 12.1. The second-order valence-corrected chi connectivity index (χ2v) is 4.28. The van der Waals surface area contributed by atoms with Crippen LogP contribution in [0.25, 0.3) is 0 Å². The number of carbonyl (C=O) groups is 1. The van der Waals surface area contributed by atoms with Crippen molar-refractivity contribution in [2.45, 2.75) is 0 Å². The number of anilines is 1. The van der Waals surface area contributed by atoms with Crippen molar-refractivity contribution >= 4 is 27.5 Å². The van der Waals surface area contributed by atoms with Crippen molar-refractivity contribution in [2.24, 2.45) is 0 Å². The van der Waals surface area contributed by atoms with Crippen LogP contribution in [-0.2, 0) is 0 Å². The SMILES string of the molecule is COc1cccc(C#N)c1NC(=O)c1ccoc1Br. The van der Waals surface area contributed by atoms with Crippen molar-refractivity contribution in [3.63, 3.8) is 0 Å². The van der Waals surface area contributed by atoms with Gasteiger partial charge in [0.05, 0.1) is 24.5 Å². The molecule has 5 nitrogen and oxygen atoms in total. The summed E-state index contributed by atoms with van der Waals surface area (Å²) in [5.74, 6) is 0.0358. The Bertz CT molecular complexity index is 658. The lowest BCUT2D eigenvalue weighted by atomic mass is 10.1. The maximum absolute atomic E-state index is 12.1. The van der Waals surface area contributed by atoms with Gasteiger partial charge in [-0.3, -0.25) is 4.79 Å². The number of benzene rings is 1. The lowest BCUT2D eigenvalue weighted by Crippen LogP contribution is -2.13. The molecule has 0 unspecified atom stereocenters. The van der Waals surface area contributed by atoms with Gasteiger partial charge in [-0.1, -0.05) is 6.07 Å². The summed E-state index contributed by atoms with van der Waals surface area (Å²) in [4.78, 5) is 12.1. The number of para-hydroxylation sites is 1. The summed E-state index contributed by atoms with van der Waals surface area (Å²) in [6, 6.07) is 8.48. The average molecular weight is 321 g/mol. The molecule has 0 aliphatic rings. The summed E-state index contributed by atoms with van der Waals surface area (Å²) in [6.07, 6.45) is 1.40. The van der Waals surface area contributed by atoms with Gasteiger partial charge < -0.3 is 14.5 Å². The van der Waals surface area contributed by atoms with E-state index < -0.39 is 0 Å². The van der Waals surface area contributed by atoms with Crippen LogP contribution in [0, 0.1) is 11.3 Å². The molecule has 0 radical (unpaired) electrons. The van der Waals surface area contributed by atoms with Crippen LogP contribution < -0.4 is 10.1 Å². The Kier molecular flexibility index (Phi) is 3.88. The molecule has 0 fully saturated rings. The average Bonchev–Trinajstić information content (AvgIpc) is 2.85. The van der Waals surface area contributed by atoms with Crippen molar-refractivity contribution in [1.82, 2.24) is 0 Å². The second-order valence-electron chi connectivity index (χ2n) is 3.56. The minimum absolute atomic E-state index is 0.326. The normalized spacial score (nSPS) is 9.74. The lowest BCUT2D eigenvalue weighted by molar-refractivity contribution is 0.102. The summed E-state index contributed by atoms with van der Waals surface area (Å²) >= 11 is 3.13. The first-order chi connectivity index (χ1) is 9.17. The number of carbonyl (C=O) groups excluding carboxylic acids is 1. The van der Waals surface area contributed by atoms with Crippen LogP contribution in [0.1, 0.15) is 15.9 Å². The third kappa shape index (κ3) is 2.61. The molecule has 0 aliphatic carbocycles. The number of nitrogens with zero attached hydrogens (tertiary/aromatic N) is 1. The van der Waals surface area contributed by atoms with E-state index in [0.29, 0.717) is 27.2 Å². The number of methoxy groups -OCH3 is 1. The van der Waals surface area contributed by atoms with Crippen molar-refractivity contribution in [2.75, 3.05) is 12.4 Å². The standard InChI is InChI=1S/C13H9BrN2O3/c1-18-10-4-2-3-8(7-15)11(10)16-13(17)9-5-6-19-12(9)14/h2-6H,1H3,(H,16,17). The number of amides is 1. The molecule has 0 saturated heterocycles. The minimum atomic E-state index is -0.387. The van der Waals surface area contributed by atoms with E-state index in [1.807, 2.05) is 6.07 Å². The van der Waals surface area contributed by atoms with Crippen molar-refractivity contribution in [3.05, 3.63) is 46.3 Å². The molecule has 0 spiro atoms. The summed E-state index contributed by atoms with van der Waals surface area (Å²) in [5, 5.41) is 11.7. The van der Waals surface area contributed by atoms with Gasteiger partial charge in [0.1, 0.15) is 17.5 Å². The molecule has 0 atom stereocenters. The van der Waals surface area contributed by atoms with Gasteiger partial charge in [-0.15, -0.1) is 0 Å². The number of halogens is 1. The number of nitrogens with one attached hydrogen (secondary N) is 1. The number of rotatable bonds is 3. The van der Waals surface area contributed by atoms with E-state index in [1.165, 1.54) is 19.4 Å². The zero-order valence-electron chi connectivity index (χ0n) is 9.94. The summed E-state index contributed by atoms with van der Waals surface area (Å²) in [5.41, 5.74) is 1.01. The van der Waals surface area contributed by atoms with E-state index in [2.05, 4.69) is 21.2 Å². The Morgan fingerprint density at radius 1 is 1.47 bits per heavy atom. The van der Waals surface area contributed by atoms with Gasteiger partial charge in [0.2, 0.25) is 0 Å². The Labute approximate surface area is 117 Å². The Balaban J connectivity index is 2.36. The van der Waals surface area contributed by atoms with Crippen LogP contribution in [0.5, 0.6) is 5.75 Å². The Hall–Kier alpha value is -2.26. The predicted octanol–water partition coefficient (Wildman–Crippen LogP) is 3.17. The summed E-state index contributed by atoms with van der Waals surface area (Å²) in [7, 11) is 1.47. The van der Waals surface area contributed by atoms with Gasteiger partial charge in [0, 0.05) is 0 Å². The molecule has 2 rings (SSSR count). The van der Waals surface area contributed by atoms with E-state index in [-0.39, 0.29) is 5.91 Å². The molecule has 2 aromatic rings. The van der Waals surface area contributed by atoms with Crippen LogP contribution in [0.4, 0.5) is 5.69 Å². The third-order valence-corrected chi connectivity index (χ3v) is 3.08. The summed E-state index contributed by atoms with van der Waals surface area (Å²) in [6.45, 7) is 0. The van der Waals surface area contributed by atoms with Crippen LogP contribution in [-0.4, -0.2) is 13.0 Å². The fourth-order valence-electron chi connectivity index (χ4n) is 1.56. The molecule has 1 aromatic heterocycles. The fraction of sp³-hybridized carbons (Fsp3) is 0.0769. The van der Waals surface area contributed by atoms with Crippen molar-refractivity contribution in [1.29, 1.82) is 5.26 Å². The highest BCUT2D eigenvalue weighted by molar-refractivity contribution is 9.10. The molecule has 19 heavy (non-hydrogen) atoms. The second kappa shape index (κ2) is 5.59. The molecule has 6 heteroatoms. The molecule has 1 N–H and O–H groups in total. The first-order valence-electron chi connectivity index (χ1n) is 5.28. The zero-order chi connectivity index (χ0) is 13.8. The first kappa shape index (κ1) is 13.2. The quantitative estimate of drug-likeness (QED) is 0.942. The maximum Gasteiger partial charge on any atom is 0.260 e. The molecule has 96 valence electrons. The highest BCUT2D eigenvalue weighted by Crippen LogP contribution is 2.29. The van der Waals surface area contributed by atoms with Crippen LogP contribution in [0.15, 0.2) is 39.6 Å². The third-order valence-electron chi connectivity index (χ3n) is 2.47. The van der Waals surface area contributed by atoms with E-state index in [1.54, 1.807) is 18.2 Å². The lowest BCUT2D eigenvalue weighted by Gasteiger charge is -2.10. The number of nitriles is 1. The Morgan fingerprint density at radius 3 is 2.84 bits per heavy atom. The van der Waals surface area contributed by atoms with Gasteiger partial charge in [-0.25, -0.2) is 0 Å². The topological polar surface area (TPSA) is 75.3 Å². The highest BCUT2D eigenvalue weighted by atomic mass is 79.9. The van der Waals surface area contributed by atoms with Gasteiger partial charge >= 0.3 is 0 Å². The highest BCUT2D eigenvalue weighted by Gasteiger charge is 2.17. The van der Waals surface area contributed by atoms with Crippen molar-refractivity contribution < 1.29 is 13.9 Å². The molecule has 0 saturated carbocycles. The van der Waals surface area contributed by atoms with Gasteiger partial charge in [0.25, 0.3) is 5.91 Å². The molecule has 0 bridgehead atoms. The van der Waals surface area contributed by atoms with E-state index >= 15 is 0 Å². The van der Waals surface area contributed by atoms with E-state index in [0.717, 1.165) is 0 Å². The number of hydrogen-bond acceptors (Lipinski definition) is 4. The Morgan fingerprint density at radius 2 is 2.26 bits per heavy atom. The molecule has 1 aromatic carbocycles. The van der Waals surface area contributed by atoms with E-state index in [9.17, 15) is 4.79 Å². The molecule has 1 amide bonds. The van der Waals surface area contributed by atoms with Gasteiger partial charge in [-0.2, -0.15) is 5.26 Å². The first-order valence-corrected chi connectivity index (χ1v) is 6.08.